The van der Waals surface area contributed by atoms with E-state index in [-0.39, 0.29) is 46.4 Å². The van der Waals surface area contributed by atoms with Crippen molar-refractivity contribution in [1.82, 2.24) is 0 Å². The van der Waals surface area contributed by atoms with Gasteiger partial charge in [-0.2, -0.15) is 0 Å². The van der Waals surface area contributed by atoms with Crippen LogP contribution in [0.5, 0.6) is 0 Å². The summed E-state index contributed by atoms with van der Waals surface area (Å²) >= 11 is 0. The first kappa shape index (κ1) is 36.8. The van der Waals surface area contributed by atoms with Crippen LogP contribution in [0.3, 0.4) is 0 Å². The fourth-order valence-corrected chi connectivity index (χ4v) is 11.1. The van der Waals surface area contributed by atoms with Crippen molar-refractivity contribution in [2.75, 3.05) is 6.61 Å². The average molecular weight is 667 g/mol. The third-order valence-corrected chi connectivity index (χ3v) is 14.6. The smallest absolute Gasteiger partial charge is 0.313 e. The molecule has 4 aliphatic carbocycles. The lowest BCUT2D eigenvalue weighted by Gasteiger charge is -2.71. The molecule has 7 N–H and O–H groups in total. The fourth-order valence-electron chi connectivity index (χ4n) is 11.1. The van der Waals surface area contributed by atoms with Gasteiger partial charge in [0.05, 0.1) is 30.3 Å². The molecule has 11 nitrogen and oxygen atoms in total. The van der Waals surface area contributed by atoms with Crippen LogP contribution >= 0.6 is 0 Å². The number of rotatable bonds is 8. The summed E-state index contributed by atoms with van der Waals surface area (Å²) in [7, 11) is 0. The number of ether oxygens (including phenoxy) is 2. The van der Waals surface area contributed by atoms with Crippen molar-refractivity contribution >= 4 is 11.8 Å². The van der Waals surface area contributed by atoms with Gasteiger partial charge in [0.1, 0.15) is 30.2 Å². The van der Waals surface area contributed by atoms with Gasteiger partial charge in [0.2, 0.25) is 0 Å². The van der Waals surface area contributed by atoms with Crippen molar-refractivity contribution in [1.29, 1.82) is 0 Å². The lowest BCUT2D eigenvalue weighted by Crippen LogP contribution is -2.66. The zero-order valence-corrected chi connectivity index (χ0v) is 29.1. The van der Waals surface area contributed by atoms with Gasteiger partial charge in [0.25, 0.3) is 0 Å². The second-order valence-corrected chi connectivity index (χ2v) is 17.1. The summed E-state index contributed by atoms with van der Waals surface area (Å²) in [6, 6.07) is 0. The molecule has 0 aromatic heterocycles. The molecule has 0 aromatic rings. The number of hydrogen-bond donors (Lipinski definition) is 7. The first-order chi connectivity index (χ1) is 21.7. The quantitative estimate of drug-likeness (QED) is 0.149. The summed E-state index contributed by atoms with van der Waals surface area (Å²) in [5.74, 6) is -1.62. The number of fused-ring (bicyclic) bond motifs is 5. The van der Waals surface area contributed by atoms with Crippen molar-refractivity contribution in [3.05, 3.63) is 11.6 Å². The van der Waals surface area contributed by atoms with Gasteiger partial charge in [-0.3, -0.25) is 9.59 Å². The monoisotopic (exact) mass is 666 g/mol. The van der Waals surface area contributed by atoms with Crippen molar-refractivity contribution in [3.63, 3.8) is 0 Å². The van der Waals surface area contributed by atoms with E-state index in [4.69, 9.17) is 9.47 Å². The molecule has 5 aliphatic rings. The molecule has 3 saturated carbocycles. The van der Waals surface area contributed by atoms with Crippen LogP contribution in [0.1, 0.15) is 99.8 Å². The zero-order chi connectivity index (χ0) is 35.1. The normalized spacial score (nSPS) is 49.0. The fraction of sp³-hybridized carbons (Fsp3) is 0.889. The van der Waals surface area contributed by atoms with Crippen LogP contribution in [-0.4, -0.2) is 103 Å². The van der Waals surface area contributed by atoms with E-state index >= 15 is 0 Å². The average Bonchev–Trinajstić information content (AvgIpc) is 3.00. The van der Waals surface area contributed by atoms with Crippen LogP contribution in [0.2, 0.25) is 0 Å². The number of carboxylic acid groups (broad SMARTS) is 1. The van der Waals surface area contributed by atoms with Gasteiger partial charge in [-0.1, -0.05) is 47.6 Å². The molecule has 47 heavy (non-hydrogen) atoms. The summed E-state index contributed by atoms with van der Waals surface area (Å²) in [6.45, 7) is 13.6. The number of carboxylic acids is 1. The summed E-state index contributed by atoms with van der Waals surface area (Å²) in [5.41, 5.74) is -1.90. The van der Waals surface area contributed by atoms with E-state index in [0.717, 1.165) is 24.8 Å². The lowest BCUT2D eigenvalue weighted by atomic mass is 9.34. The molecule has 0 radical (unpaired) electrons. The van der Waals surface area contributed by atoms with Crippen molar-refractivity contribution < 1.29 is 54.8 Å². The highest BCUT2D eigenvalue weighted by molar-refractivity contribution is 5.80. The van der Waals surface area contributed by atoms with Crippen LogP contribution < -0.4 is 0 Å². The third-order valence-electron chi connectivity index (χ3n) is 14.6. The largest absolute Gasteiger partial charge is 0.481 e. The standard InChI is InChI=1S/C36H58O11/c1-18(19(2)38)22(40)16-36(31(44)45)13-12-34(6)20(15-36)21(39)14-25-33(5)10-9-26(32(3,4)24(33)8-11-35(25,34)7)47-30-29(43)28(42)27(41)23(17-37)46-30/h15,18,21-30,37,39-43H,8-14,16-17H2,1-7H3,(H,44,45)/t18-,21+,22?,23+,24-,25+,26-,27+,28-,29+,30-,33-,34+,35+,36-/m0/s1. The minimum absolute atomic E-state index is 0.0840. The van der Waals surface area contributed by atoms with Gasteiger partial charge in [-0.05, 0) is 97.4 Å². The van der Waals surface area contributed by atoms with E-state index < -0.39 is 72.2 Å². The van der Waals surface area contributed by atoms with Gasteiger partial charge in [0, 0.05) is 5.92 Å². The predicted octanol–water partition coefficient (Wildman–Crippen LogP) is 2.57. The Bertz CT molecular complexity index is 1250. The summed E-state index contributed by atoms with van der Waals surface area (Å²) in [5, 5.41) is 74.2. The molecule has 11 heteroatoms. The highest BCUT2D eigenvalue weighted by Gasteiger charge is 2.69. The number of hydrogen-bond acceptors (Lipinski definition) is 10. The van der Waals surface area contributed by atoms with Gasteiger partial charge in [-0.25, -0.2) is 0 Å². The second kappa shape index (κ2) is 12.4. The Labute approximate surface area is 278 Å². The number of aliphatic hydroxyl groups excluding tert-OH is 6. The minimum atomic E-state index is -1.51. The molecule has 0 bridgehead atoms. The van der Waals surface area contributed by atoms with E-state index in [9.17, 15) is 45.3 Å². The Balaban J connectivity index is 1.42. The van der Waals surface area contributed by atoms with E-state index in [2.05, 4.69) is 34.6 Å². The van der Waals surface area contributed by atoms with Gasteiger partial charge >= 0.3 is 5.97 Å². The van der Waals surface area contributed by atoms with E-state index in [0.29, 0.717) is 25.7 Å². The molecule has 268 valence electrons. The third kappa shape index (κ3) is 5.55. The maximum atomic E-state index is 12.8. The maximum absolute atomic E-state index is 12.8. The number of aliphatic carboxylic acids is 1. The number of Topliss-reactive ketones (excluding diaryl/α,β-unsaturated/α-hetero) is 1. The molecule has 0 spiro atoms. The van der Waals surface area contributed by atoms with E-state index in [1.54, 1.807) is 13.0 Å². The number of carbonyl (C=O) groups excluding carboxylic acids is 1. The molecule has 1 saturated heterocycles. The first-order valence-corrected chi connectivity index (χ1v) is 17.5. The topological polar surface area (TPSA) is 194 Å². The van der Waals surface area contributed by atoms with Crippen LogP contribution in [0.25, 0.3) is 0 Å². The Morgan fingerprint density at radius 1 is 0.957 bits per heavy atom. The SMILES string of the molecule is CC(=O)[C@H](C)C(O)C[C@@]1(C(=O)O)C=C2[C@H](O)C[C@@H]3[C@@]4(C)CC[C@H](O[C@@H]5O[C@H](CO)[C@@H](O)[C@H](O)[C@H]5O)C(C)(C)[C@@H]4CC[C@@]3(C)[C@]2(C)CC1. The Hall–Kier alpha value is -1.44. The number of carbonyl (C=O) groups is 2. The first-order valence-electron chi connectivity index (χ1n) is 17.5. The van der Waals surface area contributed by atoms with Crippen LogP contribution in [0.4, 0.5) is 0 Å². The number of aliphatic hydroxyl groups is 6. The molecule has 0 amide bonds. The van der Waals surface area contributed by atoms with Crippen molar-refractivity contribution in [2.45, 2.75) is 149 Å². The Kier molecular flexibility index (Phi) is 9.72. The minimum Gasteiger partial charge on any atom is -0.481 e. The lowest BCUT2D eigenvalue weighted by molar-refractivity contribution is -0.330. The van der Waals surface area contributed by atoms with Gasteiger partial charge in [0.15, 0.2) is 6.29 Å². The molecular weight excluding hydrogens is 608 g/mol. The highest BCUT2D eigenvalue weighted by atomic mass is 16.7. The molecule has 1 heterocycles. The molecule has 1 unspecified atom stereocenters. The summed E-state index contributed by atoms with van der Waals surface area (Å²) in [4.78, 5) is 24.8. The summed E-state index contributed by atoms with van der Waals surface area (Å²) in [6.07, 6.45) is -2.81. The Morgan fingerprint density at radius 3 is 2.21 bits per heavy atom. The molecule has 1 aliphatic heterocycles. The van der Waals surface area contributed by atoms with E-state index in [1.807, 2.05) is 0 Å². The summed E-state index contributed by atoms with van der Waals surface area (Å²) < 4.78 is 12.1. The van der Waals surface area contributed by atoms with Gasteiger partial charge < -0.3 is 45.2 Å². The van der Waals surface area contributed by atoms with Gasteiger partial charge in [-0.15, -0.1) is 0 Å². The molecular formula is C36H58O11. The van der Waals surface area contributed by atoms with Crippen LogP contribution in [0.15, 0.2) is 11.6 Å². The van der Waals surface area contributed by atoms with Crippen LogP contribution in [0, 0.1) is 44.8 Å². The highest BCUT2D eigenvalue weighted by Crippen LogP contribution is 2.74. The molecule has 15 atom stereocenters. The number of ketones is 1. The second-order valence-electron chi connectivity index (χ2n) is 17.1. The zero-order valence-electron chi connectivity index (χ0n) is 29.1. The van der Waals surface area contributed by atoms with E-state index in [1.165, 1.54) is 6.92 Å². The Morgan fingerprint density at radius 2 is 1.62 bits per heavy atom. The molecule has 0 aromatic carbocycles. The molecule has 4 fully saturated rings. The predicted molar refractivity (Wildman–Crippen MR) is 171 cm³/mol. The molecule has 5 rings (SSSR count). The van der Waals surface area contributed by atoms with Crippen LogP contribution in [-0.2, 0) is 19.1 Å². The maximum Gasteiger partial charge on any atom is 0.313 e. The van der Waals surface area contributed by atoms with Crippen molar-refractivity contribution in [3.8, 4) is 0 Å². The van der Waals surface area contributed by atoms with Crippen molar-refractivity contribution in [2.24, 2.45) is 44.8 Å².